The van der Waals surface area contributed by atoms with Gasteiger partial charge in [-0.15, -0.1) is 0 Å². The quantitative estimate of drug-likeness (QED) is 0.477. The topological polar surface area (TPSA) is 108 Å². The van der Waals surface area contributed by atoms with Crippen molar-refractivity contribution in [3.05, 3.63) is 59.7 Å². The van der Waals surface area contributed by atoms with Crippen molar-refractivity contribution in [2.45, 2.75) is 63.7 Å². The van der Waals surface area contributed by atoms with E-state index in [9.17, 15) is 19.5 Å². The van der Waals surface area contributed by atoms with Gasteiger partial charge in [0.15, 0.2) is 0 Å². The summed E-state index contributed by atoms with van der Waals surface area (Å²) in [5.41, 5.74) is 1.33. The average Bonchev–Trinajstić information content (AvgIpc) is 3.43. The molecule has 2 bridgehead atoms. The normalized spacial score (nSPS) is 29.9. The summed E-state index contributed by atoms with van der Waals surface area (Å²) in [6, 6.07) is 14.1. The van der Waals surface area contributed by atoms with Crippen LogP contribution in [0.5, 0.6) is 0 Å². The Morgan fingerprint density at radius 3 is 2.38 bits per heavy atom. The van der Waals surface area contributed by atoms with Crippen LogP contribution in [0, 0.1) is 25.7 Å². The van der Waals surface area contributed by atoms with Gasteiger partial charge >= 0.3 is 0 Å². The van der Waals surface area contributed by atoms with Crippen molar-refractivity contribution in [1.29, 1.82) is 0 Å². The molecule has 5 rings (SSSR count). The summed E-state index contributed by atoms with van der Waals surface area (Å²) in [4.78, 5) is 43.2. The summed E-state index contributed by atoms with van der Waals surface area (Å²) < 4.78 is 6.65. The van der Waals surface area contributed by atoms with Gasteiger partial charge in [-0.3, -0.25) is 14.4 Å². The van der Waals surface area contributed by atoms with Crippen LogP contribution in [-0.2, 0) is 19.1 Å². The van der Waals surface area contributed by atoms with E-state index in [4.69, 9.17) is 4.74 Å². The largest absolute Gasteiger partial charge is 0.396 e. The Bertz CT molecular complexity index is 1200. The zero-order chi connectivity index (χ0) is 26.4. The van der Waals surface area contributed by atoms with Crippen LogP contribution >= 0.6 is 0 Å². The lowest BCUT2D eigenvalue weighted by Crippen LogP contribution is -2.53. The van der Waals surface area contributed by atoms with Crippen LogP contribution in [0.2, 0.25) is 0 Å². The first-order valence-electron chi connectivity index (χ1n) is 13.1. The van der Waals surface area contributed by atoms with Crippen LogP contribution in [0.25, 0.3) is 0 Å². The monoisotopic (exact) mass is 505 g/mol. The standard InChI is InChI=1S/C29H35N3O5/c1-18-10-9-11-19(2)23(18)31-26(35)24-29-15-14-28(3,37-29)21(25(34)30-20-12-5-4-6-13-20)22(29)27(36)32(24)16-7-8-17-33/h4-6,9-13,21-22,24,33H,7-8,14-17H2,1-3H3,(H,30,34)(H,31,35)/t21-,22-,24?,28+,29?/m0/s1. The molecule has 3 saturated heterocycles. The zero-order valence-electron chi connectivity index (χ0n) is 21.6. The van der Waals surface area contributed by atoms with Gasteiger partial charge in [0, 0.05) is 24.5 Å². The van der Waals surface area contributed by atoms with E-state index >= 15 is 0 Å². The number of likely N-dealkylation sites (tertiary alicyclic amines) is 1. The fraction of sp³-hybridized carbons (Fsp3) is 0.483. The van der Waals surface area contributed by atoms with Crippen molar-refractivity contribution >= 4 is 29.1 Å². The van der Waals surface area contributed by atoms with Crippen molar-refractivity contribution in [2.24, 2.45) is 11.8 Å². The summed E-state index contributed by atoms with van der Waals surface area (Å²) >= 11 is 0. The molecule has 8 heteroatoms. The minimum atomic E-state index is -1.08. The highest BCUT2D eigenvalue weighted by molar-refractivity contribution is 6.05. The molecule has 37 heavy (non-hydrogen) atoms. The summed E-state index contributed by atoms with van der Waals surface area (Å²) in [5, 5.41) is 15.4. The second kappa shape index (κ2) is 9.58. The number of unbranched alkanes of at least 4 members (excludes halogenated alkanes) is 1. The molecule has 0 aromatic heterocycles. The number of aryl methyl sites for hydroxylation is 2. The third-order valence-electron chi connectivity index (χ3n) is 8.39. The summed E-state index contributed by atoms with van der Waals surface area (Å²) in [6.07, 6.45) is 2.18. The van der Waals surface area contributed by atoms with Gasteiger partial charge < -0.3 is 25.4 Å². The van der Waals surface area contributed by atoms with E-state index in [1.807, 2.05) is 69.3 Å². The highest BCUT2D eigenvalue weighted by atomic mass is 16.5. The fourth-order valence-corrected chi connectivity index (χ4v) is 6.71. The molecule has 3 fully saturated rings. The predicted molar refractivity (Wildman–Crippen MR) is 140 cm³/mol. The van der Waals surface area contributed by atoms with Gasteiger partial charge in [0.2, 0.25) is 17.7 Å². The first kappa shape index (κ1) is 25.4. The molecule has 2 unspecified atom stereocenters. The number of carbonyl (C=O) groups is 3. The molecule has 3 heterocycles. The molecule has 0 saturated carbocycles. The molecule has 3 N–H and O–H groups in total. The lowest BCUT2D eigenvalue weighted by atomic mass is 9.66. The predicted octanol–water partition coefficient (Wildman–Crippen LogP) is 3.42. The highest BCUT2D eigenvalue weighted by Gasteiger charge is 2.77. The van der Waals surface area contributed by atoms with Gasteiger partial charge in [-0.05, 0) is 69.7 Å². The number of aliphatic hydroxyl groups excluding tert-OH is 1. The fourth-order valence-electron chi connectivity index (χ4n) is 6.71. The Balaban J connectivity index is 1.50. The number of amides is 3. The summed E-state index contributed by atoms with van der Waals surface area (Å²) in [7, 11) is 0. The molecule has 5 atom stereocenters. The zero-order valence-corrected chi connectivity index (χ0v) is 21.6. The third kappa shape index (κ3) is 4.12. The van der Waals surface area contributed by atoms with Gasteiger partial charge in [-0.25, -0.2) is 0 Å². The maximum Gasteiger partial charge on any atom is 0.250 e. The van der Waals surface area contributed by atoms with E-state index in [-0.39, 0.29) is 24.3 Å². The maximum absolute atomic E-state index is 14.0. The molecular weight excluding hydrogens is 470 g/mol. The van der Waals surface area contributed by atoms with E-state index in [0.29, 0.717) is 37.9 Å². The molecule has 1 spiro atoms. The van der Waals surface area contributed by atoms with E-state index in [1.54, 1.807) is 4.90 Å². The average molecular weight is 506 g/mol. The number of carbonyl (C=O) groups excluding carboxylic acids is 3. The van der Waals surface area contributed by atoms with Gasteiger partial charge in [-0.2, -0.15) is 0 Å². The summed E-state index contributed by atoms with van der Waals surface area (Å²) in [6.45, 7) is 6.08. The molecule has 3 amide bonds. The molecule has 3 aliphatic rings. The Labute approximate surface area is 217 Å². The van der Waals surface area contributed by atoms with Gasteiger partial charge in [0.25, 0.3) is 0 Å². The first-order chi connectivity index (χ1) is 17.7. The number of rotatable bonds is 8. The van der Waals surface area contributed by atoms with Crippen LogP contribution in [0.1, 0.15) is 43.7 Å². The van der Waals surface area contributed by atoms with Crippen LogP contribution < -0.4 is 10.6 Å². The number of hydrogen-bond acceptors (Lipinski definition) is 5. The Kier molecular flexibility index (Phi) is 6.58. The lowest BCUT2D eigenvalue weighted by molar-refractivity contribution is -0.143. The van der Waals surface area contributed by atoms with Crippen LogP contribution in [0.4, 0.5) is 11.4 Å². The molecule has 196 valence electrons. The molecule has 3 aliphatic heterocycles. The van der Waals surface area contributed by atoms with Gasteiger partial charge in [-0.1, -0.05) is 36.4 Å². The Morgan fingerprint density at radius 1 is 1.00 bits per heavy atom. The van der Waals surface area contributed by atoms with Crippen LogP contribution in [0.15, 0.2) is 48.5 Å². The Hall–Kier alpha value is -3.23. The van der Waals surface area contributed by atoms with Crippen molar-refractivity contribution in [2.75, 3.05) is 23.8 Å². The Morgan fingerprint density at radius 2 is 1.70 bits per heavy atom. The van der Waals surface area contributed by atoms with Crippen molar-refractivity contribution in [1.82, 2.24) is 4.90 Å². The van der Waals surface area contributed by atoms with Crippen LogP contribution in [0.3, 0.4) is 0 Å². The highest BCUT2D eigenvalue weighted by Crippen LogP contribution is 2.63. The summed E-state index contributed by atoms with van der Waals surface area (Å²) in [5.74, 6) is -2.26. The van der Waals surface area contributed by atoms with E-state index in [0.717, 1.165) is 16.8 Å². The number of ether oxygens (including phenoxy) is 1. The van der Waals surface area contributed by atoms with E-state index in [1.165, 1.54) is 0 Å². The van der Waals surface area contributed by atoms with Crippen LogP contribution in [-0.4, -0.2) is 58.1 Å². The minimum absolute atomic E-state index is 0.00650. The van der Waals surface area contributed by atoms with E-state index in [2.05, 4.69) is 10.6 Å². The number of fused-ring (bicyclic) bond motifs is 1. The molecule has 8 nitrogen and oxygen atoms in total. The number of benzene rings is 2. The molecule has 2 aromatic rings. The van der Waals surface area contributed by atoms with Crippen molar-refractivity contribution < 1.29 is 24.2 Å². The number of para-hydroxylation sites is 2. The minimum Gasteiger partial charge on any atom is -0.396 e. The molecule has 0 radical (unpaired) electrons. The number of hydrogen-bond donors (Lipinski definition) is 3. The smallest absolute Gasteiger partial charge is 0.250 e. The number of aliphatic hydroxyl groups is 1. The molecular formula is C29H35N3O5. The van der Waals surface area contributed by atoms with Crippen molar-refractivity contribution in [3.8, 4) is 0 Å². The maximum atomic E-state index is 14.0. The first-order valence-corrected chi connectivity index (χ1v) is 13.1. The second-order valence-electron chi connectivity index (χ2n) is 10.8. The number of nitrogens with one attached hydrogen (secondary N) is 2. The molecule has 2 aromatic carbocycles. The number of anilines is 2. The second-order valence-corrected chi connectivity index (χ2v) is 10.8. The lowest BCUT2D eigenvalue weighted by Gasteiger charge is -2.33. The van der Waals surface area contributed by atoms with Crippen molar-refractivity contribution in [3.63, 3.8) is 0 Å². The van der Waals surface area contributed by atoms with Gasteiger partial charge in [0.1, 0.15) is 11.6 Å². The third-order valence-corrected chi connectivity index (χ3v) is 8.39. The number of nitrogens with zero attached hydrogens (tertiary/aromatic N) is 1. The molecule has 0 aliphatic carbocycles. The van der Waals surface area contributed by atoms with Gasteiger partial charge in [0.05, 0.1) is 17.4 Å². The SMILES string of the molecule is Cc1cccc(C)c1NC(=O)C1N(CCCCO)C(=O)[C@@H]2[C@@H](C(=O)Nc3ccccc3)[C@@]3(C)CCC12O3. The van der Waals surface area contributed by atoms with E-state index < -0.39 is 29.1 Å².